The van der Waals surface area contributed by atoms with Crippen LogP contribution in [0.25, 0.3) is 0 Å². The van der Waals surface area contributed by atoms with Gasteiger partial charge in [0.05, 0.1) is 17.3 Å². The van der Waals surface area contributed by atoms with Crippen LogP contribution in [0, 0.1) is 18.3 Å². The standard InChI is InChI=1S/C13H20N2OS/c1-8-10(17-7-15-8)6-14-11-9-4-5-16-12(9)13(11,2)3/h7,9,11-12,14H,4-6H2,1-3H3/t9-,11-,12+/m1/s1. The Morgan fingerprint density at radius 2 is 2.41 bits per heavy atom. The van der Waals surface area contributed by atoms with E-state index in [2.05, 4.69) is 31.1 Å². The molecule has 94 valence electrons. The van der Waals surface area contributed by atoms with Crippen molar-refractivity contribution < 1.29 is 4.74 Å². The van der Waals surface area contributed by atoms with E-state index in [1.54, 1.807) is 11.3 Å². The SMILES string of the molecule is Cc1ncsc1CN[C@@H]1[C@H]2CCO[C@@H]2C1(C)C. The monoisotopic (exact) mass is 252 g/mol. The molecule has 1 saturated heterocycles. The lowest BCUT2D eigenvalue weighted by Gasteiger charge is -2.55. The molecule has 3 atom stereocenters. The van der Waals surface area contributed by atoms with Crippen LogP contribution in [0.4, 0.5) is 0 Å². The first kappa shape index (κ1) is 11.6. The van der Waals surface area contributed by atoms with Crippen LogP contribution in [0.1, 0.15) is 30.8 Å². The quantitative estimate of drug-likeness (QED) is 0.896. The molecular weight excluding hydrogens is 232 g/mol. The Morgan fingerprint density at radius 3 is 3.12 bits per heavy atom. The fraction of sp³-hybridized carbons (Fsp3) is 0.769. The van der Waals surface area contributed by atoms with Gasteiger partial charge in [0.2, 0.25) is 0 Å². The van der Waals surface area contributed by atoms with E-state index in [1.807, 2.05) is 5.51 Å². The molecule has 0 spiro atoms. The van der Waals surface area contributed by atoms with Crippen molar-refractivity contribution in [1.82, 2.24) is 10.3 Å². The second-order valence-electron chi connectivity index (χ2n) is 5.78. The minimum Gasteiger partial charge on any atom is -0.377 e. The minimum atomic E-state index is 0.278. The van der Waals surface area contributed by atoms with Crippen molar-refractivity contribution in [3.63, 3.8) is 0 Å². The molecule has 0 amide bonds. The van der Waals surface area contributed by atoms with Crippen LogP contribution in [-0.2, 0) is 11.3 Å². The molecule has 4 heteroatoms. The topological polar surface area (TPSA) is 34.2 Å². The van der Waals surface area contributed by atoms with E-state index in [0.29, 0.717) is 12.1 Å². The maximum Gasteiger partial charge on any atom is 0.0798 e. The van der Waals surface area contributed by atoms with Crippen molar-refractivity contribution >= 4 is 11.3 Å². The smallest absolute Gasteiger partial charge is 0.0798 e. The highest BCUT2D eigenvalue weighted by Gasteiger charge is 2.58. The van der Waals surface area contributed by atoms with Gasteiger partial charge in [0, 0.05) is 35.4 Å². The summed E-state index contributed by atoms with van der Waals surface area (Å²) in [6.45, 7) is 8.61. The molecule has 3 nitrogen and oxygen atoms in total. The second kappa shape index (κ2) is 4.04. The normalized spacial score (nSPS) is 34.4. The summed E-state index contributed by atoms with van der Waals surface area (Å²) in [5.41, 5.74) is 3.37. The third-order valence-electron chi connectivity index (χ3n) is 4.43. The van der Waals surface area contributed by atoms with Crippen molar-refractivity contribution in [2.75, 3.05) is 6.61 Å². The first-order chi connectivity index (χ1) is 8.10. The van der Waals surface area contributed by atoms with Crippen molar-refractivity contribution in [3.8, 4) is 0 Å². The Bertz CT molecular complexity index is 415. The van der Waals surface area contributed by atoms with Crippen molar-refractivity contribution in [2.24, 2.45) is 11.3 Å². The molecule has 1 aromatic heterocycles. The van der Waals surface area contributed by atoms with Crippen LogP contribution in [0.15, 0.2) is 5.51 Å². The van der Waals surface area contributed by atoms with E-state index < -0.39 is 0 Å². The van der Waals surface area contributed by atoms with Crippen LogP contribution >= 0.6 is 11.3 Å². The van der Waals surface area contributed by atoms with Gasteiger partial charge >= 0.3 is 0 Å². The Balaban J connectivity index is 1.64. The van der Waals surface area contributed by atoms with Crippen LogP contribution in [0.2, 0.25) is 0 Å². The first-order valence-electron chi connectivity index (χ1n) is 6.34. The number of aromatic nitrogens is 1. The van der Waals surface area contributed by atoms with E-state index in [9.17, 15) is 0 Å². The molecule has 0 bridgehead atoms. The number of nitrogens with zero attached hydrogens (tertiary/aromatic N) is 1. The molecule has 0 aromatic carbocycles. The number of hydrogen-bond acceptors (Lipinski definition) is 4. The molecule has 3 rings (SSSR count). The van der Waals surface area contributed by atoms with Crippen molar-refractivity contribution in [3.05, 3.63) is 16.1 Å². The number of aryl methyl sites for hydroxylation is 1. The zero-order chi connectivity index (χ0) is 12.0. The van der Waals surface area contributed by atoms with Crippen LogP contribution in [0.3, 0.4) is 0 Å². The van der Waals surface area contributed by atoms with Crippen LogP contribution in [0.5, 0.6) is 0 Å². The zero-order valence-electron chi connectivity index (χ0n) is 10.7. The maximum atomic E-state index is 5.81. The summed E-state index contributed by atoms with van der Waals surface area (Å²) in [7, 11) is 0. The summed E-state index contributed by atoms with van der Waals surface area (Å²) in [6.07, 6.45) is 1.69. The predicted molar refractivity (Wildman–Crippen MR) is 69.1 cm³/mol. The van der Waals surface area contributed by atoms with E-state index in [0.717, 1.165) is 19.1 Å². The summed E-state index contributed by atoms with van der Waals surface area (Å²) in [6, 6.07) is 0.594. The van der Waals surface area contributed by atoms with Gasteiger partial charge in [-0.3, -0.25) is 0 Å². The molecule has 0 unspecified atom stereocenters. The van der Waals surface area contributed by atoms with Gasteiger partial charge in [0.15, 0.2) is 0 Å². The fourth-order valence-corrected chi connectivity index (χ4v) is 4.17. The lowest BCUT2D eigenvalue weighted by Crippen LogP contribution is -2.65. The number of ether oxygens (including phenoxy) is 1. The molecule has 0 radical (unpaired) electrons. The highest BCUT2D eigenvalue weighted by atomic mass is 32.1. The van der Waals surface area contributed by atoms with E-state index in [4.69, 9.17) is 4.74 Å². The molecule has 1 aliphatic heterocycles. The minimum absolute atomic E-state index is 0.278. The Kier molecular flexibility index (Phi) is 2.76. The second-order valence-corrected chi connectivity index (χ2v) is 6.72. The molecule has 17 heavy (non-hydrogen) atoms. The molecule has 1 aromatic rings. The van der Waals surface area contributed by atoms with Gasteiger partial charge < -0.3 is 10.1 Å². The first-order valence-corrected chi connectivity index (χ1v) is 7.22. The molecule has 1 N–H and O–H groups in total. The summed E-state index contributed by atoms with van der Waals surface area (Å²) < 4.78 is 5.81. The number of hydrogen-bond donors (Lipinski definition) is 1. The molecule has 2 heterocycles. The summed E-state index contributed by atoms with van der Waals surface area (Å²) >= 11 is 1.75. The summed E-state index contributed by atoms with van der Waals surface area (Å²) in [5.74, 6) is 0.721. The molecule has 2 aliphatic rings. The Hall–Kier alpha value is -0.450. The van der Waals surface area contributed by atoms with Gasteiger partial charge in [-0.1, -0.05) is 13.8 Å². The Labute approximate surface area is 107 Å². The number of rotatable bonds is 3. The van der Waals surface area contributed by atoms with Gasteiger partial charge in [0.1, 0.15) is 0 Å². The summed E-state index contributed by atoms with van der Waals surface area (Å²) in [4.78, 5) is 5.66. The lowest BCUT2D eigenvalue weighted by molar-refractivity contribution is -0.113. The number of nitrogens with one attached hydrogen (secondary N) is 1. The van der Waals surface area contributed by atoms with Gasteiger partial charge in [-0.2, -0.15) is 0 Å². The van der Waals surface area contributed by atoms with Gasteiger partial charge in [-0.25, -0.2) is 4.98 Å². The van der Waals surface area contributed by atoms with Crippen molar-refractivity contribution in [1.29, 1.82) is 0 Å². The van der Waals surface area contributed by atoms with Gasteiger partial charge in [-0.05, 0) is 13.3 Å². The van der Waals surface area contributed by atoms with E-state index >= 15 is 0 Å². The van der Waals surface area contributed by atoms with Crippen LogP contribution in [-0.4, -0.2) is 23.7 Å². The van der Waals surface area contributed by atoms with Gasteiger partial charge in [-0.15, -0.1) is 11.3 Å². The average molecular weight is 252 g/mol. The molecule has 1 aliphatic carbocycles. The molecular formula is C13H20N2OS. The lowest BCUT2D eigenvalue weighted by atomic mass is 9.57. The number of thiazole rings is 1. The third-order valence-corrected chi connectivity index (χ3v) is 5.36. The highest BCUT2D eigenvalue weighted by molar-refractivity contribution is 7.09. The Morgan fingerprint density at radius 1 is 1.59 bits per heavy atom. The van der Waals surface area contributed by atoms with E-state index in [1.165, 1.54) is 17.0 Å². The van der Waals surface area contributed by atoms with Crippen molar-refractivity contribution in [2.45, 2.75) is 45.9 Å². The molecule has 1 saturated carbocycles. The molecule has 2 fully saturated rings. The number of fused-ring (bicyclic) bond motifs is 1. The van der Waals surface area contributed by atoms with Gasteiger partial charge in [0.25, 0.3) is 0 Å². The third kappa shape index (κ3) is 1.74. The maximum absolute atomic E-state index is 5.81. The average Bonchev–Trinajstić information content (AvgIpc) is 2.87. The van der Waals surface area contributed by atoms with Crippen LogP contribution < -0.4 is 5.32 Å². The summed E-state index contributed by atoms with van der Waals surface area (Å²) in [5, 5.41) is 3.71. The highest BCUT2D eigenvalue weighted by Crippen LogP contribution is 2.52. The van der Waals surface area contributed by atoms with E-state index in [-0.39, 0.29) is 5.41 Å². The predicted octanol–water partition coefficient (Wildman–Crippen LogP) is 2.35. The fourth-order valence-electron chi connectivity index (χ4n) is 3.44. The zero-order valence-corrected chi connectivity index (χ0v) is 11.5. The largest absolute Gasteiger partial charge is 0.377 e.